The number of aromatic nitrogens is 3. The van der Waals surface area contributed by atoms with E-state index in [0.717, 1.165) is 43.5 Å². The van der Waals surface area contributed by atoms with Crippen LogP contribution < -0.4 is 5.56 Å². The van der Waals surface area contributed by atoms with Crippen LogP contribution in [0.15, 0.2) is 47.7 Å². The van der Waals surface area contributed by atoms with Gasteiger partial charge >= 0.3 is 0 Å². The molecular formula is C22H26N4O2. The molecule has 28 heavy (non-hydrogen) atoms. The Morgan fingerprint density at radius 1 is 1.18 bits per heavy atom. The maximum absolute atomic E-state index is 13.2. The lowest BCUT2D eigenvalue weighted by molar-refractivity contribution is -0.134. The summed E-state index contributed by atoms with van der Waals surface area (Å²) in [6.45, 7) is 2.69. The summed E-state index contributed by atoms with van der Waals surface area (Å²) in [5.74, 6) is -0.0241. The molecular weight excluding hydrogens is 352 g/mol. The maximum atomic E-state index is 13.2. The van der Waals surface area contributed by atoms with E-state index in [1.54, 1.807) is 6.07 Å². The van der Waals surface area contributed by atoms with Gasteiger partial charge in [0.05, 0.1) is 23.3 Å². The zero-order valence-electron chi connectivity index (χ0n) is 16.5. The average Bonchev–Trinajstić information content (AvgIpc) is 2.96. The van der Waals surface area contributed by atoms with Crippen molar-refractivity contribution in [1.82, 2.24) is 19.0 Å². The third-order valence-electron chi connectivity index (χ3n) is 5.76. The fraction of sp³-hybridized carbons (Fsp3) is 0.409. The number of rotatable bonds is 3. The lowest BCUT2D eigenvalue weighted by Crippen LogP contribution is -2.39. The Morgan fingerprint density at radius 2 is 2.04 bits per heavy atom. The molecule has 1 aliphatic rings. The predicted octanol–water partition coefficient (Wildman–Crippen LogP) is 3.19. The van der Waals surface area contributed by atoms with Crippen molar-refractivity contribution in [3.05, 3.63) is 64.5 Å². The number of hydrogen-bond donors (Lipinski definition) is 0. The van der Waals surface area contributed by atoms with Gasteiger partial charge in [-0.1, -0.05) is 25.0 Å². The normalized spacial score (nSPS) is 17.6. The molecule has 3 heterocycles. The summed E-state index contributed by atoms with van der Waals surface area (Å²) in [4.78, 5) is 32.5. The van der Waals surface area contributed by atoms with Crippen molar-refractivity contribution in [1.29, 1.82) is 0 Å². The highest BCUT2D eigenvalue weighted by Crippen LogP contribution is 2.30. The van der Waals surface area contributed by atoms with E-state index < -0.39 is 0 Å². The maximum Gasteiger partial charge on any atom is 0.261 e. The standard InChI is InChI=1S/C22H26N4O2/c1-16-8-6-9-17-21(16)23-15-25(22(17)28)14-20(27)26-13-5-3-4-10-19(26)18-11-7-12-24(18)2/h6-9,11-12,15,19H,3-5,10,13-14H2,1-2H3. The highest BCUT2D eigenvalue weighted by molar-refractivity contribution is 5.81. The Balaban J connectivity index is 1.65. The number of nitrogens with zero attached hydrogens (tertiary/aromatic N) is 4. The van der Waals surface area contributed by atoms with Crippen LogP contribution in [0.1, 0.15) is 43.0 Å². The molecule has 2 aromatic heterocycles. The number of carbonyl (C=O) groups is 1. The van der Waals surface area contributed by atoms with Crippen LogP contribution in [-0.2, 0) is 18.4 Å². The van der Waals surface area contributed by atoms with Crippen LogP contribution in [0.2, 0.25) is 0 Å². The molecule has 0 aliphatic carbocycles. The zero-order valence-corrected chi connectivity index (χ0v) is 16.5. The minimum atomic E-state index is -0.160. The zero-order chi connectivity index (χ0) is 19.7. The van der Waals surface area contributed by atoms with Crippen molar-refractivity contribution in [3.8, 4) is 0 Å². The Bertz CT molecular complexity index is 1070. The molecule has 1 aromatic carbocycles. The molecule has 3 aromatic rings. The van der Waals surface area contributed by atoms with Gasteiger partial charge in [-0.3, -0.25) is 14.2 Å². The number of para-hydroxylation sites is 1. The summed E-state index contributed by atoms with van der Waals surface area (Å²) in [6, 6.07) is 9.73. The Morgan fingerprint density at radius 3 is 2.82 bits per heavy atom. The molecule has 6 heteroatoms. The van der Waals surface area contributed by atoms with Gasteiger partial charge in [-0.2, -0.15) is 0 Å². The fourth-order valence-corrected chi connectivity index (χ4v) is 4.22. The second kappa shape index (κ2) is 7.62. The molecule has 1 atom stereocenters. The summed E-state index contributed by atoms with van der Waals surface area (Å²) < 4.78 is 3.53. The summed E-state index contributed by atoms with van der Waals surface area (Å²) in [7, 11) is 2.02. The van der Waals surface area contributed by atoms with E-state index in [2.05, 4.69) is 15.6 Å². The first-order valence-electron chi connectivity index (χ1n) is 9.91. The molecule has 0 saturated carbocycles. The minimum Gasteiger partial charge on any atom is -0.353 e. The molecule has 1 aliphatic heterocycles. The van der Waals surface area contributed by atoms with E-state index in [4.69, 9.17) is 0 Å². The molecule has 4 rings (SSSR count). The van der Waals surface area contributed by atoms with Crippen LogP contribution in [0.25, 0.3) is 10.9 Å². The third-order valence-corrected chi connectivity index (χ3v) is 5.76. The number of fused-ring (bicyclic) bond motifs is 1. The number of benzene rings is 1. The van der Waals surface area contributed by atoms with E-state index >= 15 is 0 Å². The van der Waals surface area contributed by atoms with Crippen LogP contribution in [0.3, 0.4) is 0 Å². The molecule has 1 fully saturated rings. The van der Waals surface area contributed by atoms with Gasteiger partial charge in [0.2, 0.25) is 5.91 Å². The first-order chi connectivity index (χ1) is 13.6. The summed E-state index contributed by atoms with van der Waals surface area (Å²) in [5.41, 5.74) is 2.65. The Hall–Kier alpha value is -2.89. The summed E-state index contributed by atoms with van der Waals surface area (Å²) in [5, 5.41) is 0.560. The van der Waals surface area contributed by atoms with Crippen LogP contribution in [-0.4, -0.2) is 31.5 Å². The van der Waals surface area contributed by atoms with Crippen molar-refractivity contribution in [2.24, 2.45) is 7.05 Å². The van der Waals surface area contributed by atoms with Gasteiger partial charge in [0.1, 0.15) is 6.54 Å². The molecule has 6 nitrogen and oxygen atoms in total. The second-order valence-electron chi connectivity index (χ2n) is 7.64. The molecule has 146 valence electrons. The summed E-state index contributed by atoms with van der Waals surface area (Å²) >= 11 is 0. The SMILES string of the molecule is Cc1cccc2c(=O)n(CC(=O)N3CCCCCC3c3cccn3C)cnc12. The second-order valence-corrected chi connectivity index (χ2v) is 7.64. The number of amides is 1. The quantitative estimate of drug-likeness (QED) is 0.703. The van der Waals surface area contributed by atoms with Crippen LogP contribution in [0.4, 0.5) is 0 Å². The monoisotopic (exact) mass is 378 g/mol. The first-order valence-corrected chi connectivity index (χ1v) is 9.91. The molecule has 0 bridgehead atoms. The number of hydrogen-bond acceptors (Lipinski definition) is 3. The number of carbonyl (C=O) groups excluding carboxylic acids is 1. The highest BCUT2D eigenvalue weighted by atomic mass is 16.2. The summed E-state index contributed by atoms with van der Waals surface area (Å²) in [6.07, 6.45) is 7.70. The van der Waals surface area contributed by atoms with Crippen molar-refractivity contribution in [2.75, 3.05) is 6.54 Å². The van der Waals surface area contributed by atoms with E-state index in [9.17, 15) is 9.59 Å². The van der Waals surface area contributed by atoms with Gasteiger partial charge < -0.3 is 9.47 Å². The Labute approximate surface area is 164 Å². The van der Waals surface area contributed by atoms with Crippen molar-refractivity contribution < 1.29 is 4.79 Å². The van der Waals surface area contributed by atoms with Gasteiger partial charge in [0.25, 0.3) is 5.56 Å². The van der Waals surface area contributed by atoms with E-state index in [1.807, 2.05) is 43.3 Å². The van der Waals surface area contributed by atoms with Crippen molar-refractivity contribution in [2.45, 2.75) is 45.2 Å². The lowest BCUT2D eigenvalue weighted by atomic mass is 10.1. The molecule has 0 N–H and O–H groups in total. The smallest absolute Gasteiger partial charge is 0.261 e. The Kier molecular flexibility index (Phi) is 5.03. The molecule has 1 unspecified atom stereocenters. The average molecular weight is 378 g/mol. The van der Waals surface area contributed by atoms with E-state index in [-0.39, 0.29) is 24.1 Å². The van der Waals surface area contributed by atoms with Crippen molar-refractivity contribution in [3.63, 3.8) is 0 Å². The number of aryl methyl sites for hydroxylation is 2. The molecule has 1 saturated heterocycles. The van der Waals surface area contributed by atoms with E-state index in [1.165, 1.54) is 10.9 Å². The van der Waals surface area contributed by atoms with Crippen LogP contribution in [0, 0.1) is 6.92 Å². The van der Waals surface area contributed by atoms with Gasteiger partial charge in [-0.05, 0) is 43.5 Å². The first kappa shape index (κ1) is 18.5. The predicted molar refractivity (Wildman–Crippen MR) is 109 cm³/mol. The number of likely N-dealkylation sites (tertiary alicyclic amines) is 1. The fourth-order valence-electron chi connectivity index (χ4n) is 4.22. The van der Waals surface area contributed by atoms with Crippen LogP contribution in [0.5, 0.6) is 0 Å². The third kappa shape index (κ3) is 3.35. The van der Waals surface area contributed by atoms with Gasteiger partial charge in [0, 0.05) is 25.5 Å². The minimum absolute atomic E-state index is 0.0241. The molecule has 0 spiro atoms. The molecule has 0 radical (unpaired) electrons. The van der Waals surface area contributed by atoms with Crippen LogP contribution >= 0.6 is 0 Å². The largest absolute Gasteiger partial charge is 0.353 e. The van der Waals surface area contributed by atoms with Gasteiger partial charge in [-0.15, -0.1) is 0 Å². The molecule has 1 amide bonds. The lowest BCUT2D eigenvalue weighted by Gasteiger charge is -2.31. The van der Waals surface area contributed by atoms with Gasteiger partial charge in [0.15, 0.2) is 0 Å². The highest BCUT2D eigenvalue weighted by Gasteiger charge is 2.28. The van der Waals surface area contributed by atoms with Gasteiger partial charge in [-0.25, -0.2) is 4.98 Å². The van der Waals surface area contributed by atoms with Crippen molar-refractivity contribution >= 4 is 16.8 Å². The topological polar surface area (TPSA) is 60.1 Å². The van der Waals surface area contributed by atoms with E-state index in [0.29, 0.717) is 10.9 Å².